The Labute approximate surface area is 513 Å². The highest BCUT2D eigenvalue weighted by Crippen LogP contribution is 2.54. The minimum Gasteiger partial charge on any atom is -0.486 e. The van der Waals surface area contributed by atoms with Gasteiger partial charge in [-0.05, 0) is 193 Å². The Kier molecular flexibility index (Phi) is 12.5. The van der Waals surface area contributed by atoms with Crippen LogP contribution in [-0.4, -0.2) is 33.1 Å². The molecule has 0 aromatic heterocycles. The van der Waals surface area contributed by atoms with Crippen LogP contribution < -0.4 is 50.0 Å². The van der Waals surface area contributed by atoms with Gasteiger partial charge in [-0.3, -0.25) is 0 Å². The summed E-state index contributed by atoms with van der Waals surface area (Å²) in [5.41, 5.74) is 30.5. The van der Waals surface area contributed by atoms with Crippen molar-refractivity contribution >= 4 is 74.3 Å². The summed E-state index contributed by atoms with van der Waals surface area (Å²) in [7, 11) is 0. The summed E-state index contributed by atoms with van der Waals surface area (Å²) >= 11 is 0. The van der Waals surface area contributed by atoms with Gasteiger partial charge < -0.3 is 33.6 Å². The van der Waals surface area contributed by atoms with E-state index in [-0.39, 0.29) is 23.0 Å². The summed E-state index contributed by atoms with van der Waals surface area (Å²) in [6.45, 7) is 29.4. The van der Waals surface area contributed by atoms with Crippen LogP contribution in [0.2, 0.25) is 0 Å². The van der Waals surface area contributed by atoms with Crippen molar-refractivity contribution in [3.63, 3.8) is 0 Å². The molecule has 0 fully saturated rings. The van der Waals surface area contributed by atoms with Gasteiger partial charge in [0, 0.05) is 57.4 Å². The van der Waals surface area contributed by atoms with Crippen LogP contribution >= 0.6 is 0 Å². The predicted molar refractivity (Wildman–Crippen MR) is 362 cm³/mol. The molecule has 15 rings (SSSR count). The largest absolute Gasteiger partial charge is 0.486 e. The summed E-state index contributed by atoms with van der Waals surface area (Å²) in [4.78, 5) is 7.53. The highest BCUT2D eigenvalue weighted by molar-refractivity contribution is 7.00. The molecule has 4 heterocycles. The Morgan fingerprint density at radius 2 is 0.793 bits per heavy atom. The molecule has 0 spiro atoms. The second-order valence-corrected chi connectivity index (χ2v) is 27.3. The van der Waals surface area contributed by atoms with Crippen LogP contribution in [0.4, 0.5) is 51.2 Å². The number of anilines is 9. The average molecular weight is 1140 g/mol. The average Bonchev–Trinajstić information content (AvgIpc) is 1.74. The van der Waals surface area contributed by atoms with Crippen molar-refractivity contribution < 1.29 is 18.9 Å². The SMILES string of the molecule is Cc1cc(C(C)(C)C)cc(C)c1N1c2cc3c(cc2B2c4cc5c(cc4N(c4c(C)cc(C(C)(C)C)cc4C)c4cc(-c6ccc(N(c7ccc(-c8ccccc8)cc7)c7ccc8c(c7)C(C)(C)c7ccccc7-8)cc6)cc1c42)OCCO5)OCCO3. The van der Waals surface area contributed by atoms with Crippen molar-refractivity contribution in [2.45, 2.75) is 99.3 Å². The lowest BCUT2D eigenvalue weighted by Crippen LogP contribution is -2.61. The van der Waals surface area contributed by atoms with Crippen molar-refractivity contribution in [3.05, 3.63) is 226 Å². The molecule has 10 aromatic carbocycles. The highest BCUT2D eigenvalue weighted by atomic mass is 16.6. The molecule has 0 saturated heterocycles. The van der Waals surface area contributed by atoms with Gasteiger partial charge >= 0.3 is 0 Å². The minimum atomic E-state index is -0.216. The number of aryl methyl sites for hydroxylation is 4. The van der Waals surface area contributed by atoms with Gasteiger partial charge in [0.05, 0.1) is 11.4 Å². The van der Waals surface area contributed by atoms with Crippen LogP contribution in [0.25, 0.3) is 33.4 Å². The van der Waals surface area contributed by atoms with E-state index >= 15 is 0 Å². The van der Waals surface area contributed by atoms with E-state index in [1.165, 1.54) is 72.2 Å². The standard InChI is InChI=1S/C79H74BN3O4/c1-47-36-55(77(5,6)7)37-48(2)75(47)82-66-45-72-70(84-32-34-86-72)43-64(66)80-65-44-71-73(87-35-33-85-71)46-67(65)83(76-49(3)38-56(39-50(76)4)78(8,9)10)69-41-54(40-68(82)74(69)80)53-24-28-58(29-25-53)81(57-26-22-52(23-27-57)51-18-14-13-15-19-51)59-30-31-61-60-20-16-17-21-62(60)79(11,12)63(61)42-59/h13-31,36-46H,32-35H2,1-12H3. The van der Waals surface area contributed by atoms with Gasteiger partial charge in [0.1, 0.15) is 26.4 Å². The summed E-state index contributed by atoms with van der Waals surface area (Å²) in [6, 6.07) is 68.5. The van der Waals surface area contributed by atoms with Gasteiger partial charge in [0.2, 0.25) is 0 Å². The van der Waals surface area contributed by atoms with Gasteiger partial charge in [-0.25, -0.2) is 0 Å². The highest BCUT2D eigenvalue weighted by Gasteiger charge is 2.47. The van der Waals surface area contributed by atoms with Gasteiger partial charge in [0.25, 0.3) is 6.71 Å². The quantitative estimate of drug-likeness (QED) is 0.147. The van der Waals surface area contributed by atoms with Crippen LogP contribution in [0.3, 0.4) is 0 Å². The molecule has 0 saturated carbocycles. The first kappa shape index (κ1) is 54.5. The maximum atomic E-state index is 6.53. The topological polar surface area (TPSA) is 46.6 Å². The summed E-state index contributed by atoms with van der Waals surface area (Å²) < 4.78 is 26.1. The maximum absolute atomic E-state index is 6.53. The number of rotatable bonds is 7. The number of nitrogens with zero attached hydrogens (tertiary/aromatic N) is 3. The van der Waals surface area contributed by atoms with E-state index in [2.05, 4.69) is 280 Å². The zero-order valence-corrected chi connectivity index (χ0v) is 52.2. The molecule has 5 aliphatic rings. The third-order valence-corrected chi connectivity index (χ3v) is 19.1. The fraction of sp³-hybridized carbons (Fsp3) is 0.241. The lowest BCUT2D eigenvalue weighted by atomic mass is 9.33. The first-order valence-corrected chi connectivity index (χ1v) is 31.0. The molecular formula is C79H74BN3O4. The fourth-order valence-corrected chi connectivity index (χ4v) is 14.7. The fourth-order valence-electron chi connectivity index (χ4n) is 14.7. The lowest BCUT2D eigenvalue weighted by molar-refractivity contribution is 0.172. The Balaban J connectivity index is 0.973. The lowest BCUT2D eigenvalue weighted by Gasteiger charge is -2.46. The van der Waals surface area contributed by atoms with Gasteiger partial charge in [0.15, 0.2) is 23.0 Å². The molecule has 432 valence electrons. The van der Waals surface area contributed by atoms with Crippen LogP contribution in [0.15, 0.2) is 182 Å². The van der Waals surface area contributed by atoms with E-state index < -0.39 is 0 Å². The molecule has 4 aliphatic heterocycles. The molecule has 0 amide bonds. The Hall–Kier alpha value is -9.14. The molecule has 0 unspecified atom stereocenters. The van der Waals surface area contributed by atoms with E-state index in [0.717, 1.165) is 96.2 Å². The Bertz CT molecular complexity index is 4250. The molecule has 8 heteroatoms. The third kappa shape index (κ3) is 8.83. The summed E-state index contributed by atoms with van der Waals surface area (Å²) in [6.07, 6.45) is 0. The van der Waals surface area contributed by atoms with E-state index in [9.17, 15) is 0 Å². The van der Waals surface area contributed by atoms with Crippen molar-refractivity contribution in [3.8, 4) is 56.4 Å². The van der Waals surface area contributed by atoms with E-state index in [0.29, 0.717) is 26.4 Å². The number of ether oxygens (including phenoxy) is 4. The second-order valence-electron chi connectivity index (χ2n) is 27.3. The van der Waals surface area contributed by atoms with Gasteiger partial charge in [-0.1, -0.05) is 165 Å². The molecular weight excluding hydrogens is 1070 g/mol. The molecule has 87 heavy (non-hydrogen) atoms. The molecule has 0 atom stereocenters. The molecule has 7 nitrogen and oxygen atoms in total. The van der Waals surface area contributed by atoms with E-state index in [4.69, 9.17) is 18.9 Å². The Morgan fingerprint density at radius 1 is 0.391 bits per heavy atom. The molecule has 0 radical (unpaired) electrons. The predicted octanol–water partition coefficient (Wildman–Crippen LogP) is 18.3. The molecule has 10 aromatic rings. The smallest absolute Gasteiger partial charge is 0.252 e. The Morgan fingerprint density at radius 3 is 1.26 bits per heavy atom. The van der Waals surface area contributed by atoms with Crippen molar-refractivity contribution in [1.82, 2.24) is 0 Å². The van der Waals surface area contributed by atoms with Crippen molar-refractivity contribution in [2.75, 3.05) is 41.1 Å². The zero-order valence-electron chi connectivity index (χ0n) is 52.2. The number of hydrogen-bond acceptors (Lipinski definition) is 7. The van der Waals surface area contributed by atoms with Gasteiger partial charge in [-0.15, -0.1) is 0 Å². The van der Waals surface area contributed by atoms with Crippen molar-refractivity contribution in [1.29, 1.82) is 0 Å². The molecule has 1 aliphatic carbocycles. The number of hydrogen-bond donors (Lipinski definition) is 0. The van der Waals surface area contributed by atoms with E-state index in [1.807, 2.05) is 0 Å². The van der Waals surface area contributed by atoms with Crippen LogP contribution in [0, 0.1) is 27.7 Å². The molecule has 0 N–H and O–H groups in total. The third-order valence-electron chi connectivity index (χ3n) is 19.1. The van der Waals surface area contributed by atoms with Crippen LogP contribution in [0.1, 0.15) is 99.9 Å². The number of benzene rings is 10. The minimum absolute atomic E-state index is 0.0496. The van der Waals surface area contributed by atoms with Crippen LogP contribution in [0.5, 0.6) is 23.0 Å². The first-order valence-electron chi connectivity index (χ1n) is 31.0. The van der Waals surface area contributed by atoms with E-state index in [1.54, 1.807) is 0 Å². The zero-order chi connectivity index (χ0) is 60.0. The van der Waals surface area contributed by atoms with Crippen LogP contribution in [-0.2, 0) is 16.2 Å². The normalized spacial score (nSPS) is 14.9. The number of fused-ring (bicyclic) bond motifs is 9. The van der Waals surface area contributed by atoms with Crippen molar-refractivity contribution in [2.24, 2.45) is 0 Å². The monoisotopic (exact) mass is 1140 g/mol. The molecule has 0 bridgehead atoms. The second kappa shape index (κ2) is 20.0. The summed E-state index contributed by atoms with van der Waals surface area (Å²) in [5, 5.41) is 0. The first-order chi connectivity index (χ1) is 41.8. The maximum Gasteiger partial charge on any atom is 0.252 e. The summed E-state index contributed by atoms with van der Waals surface area (Å²) in [5.74, 6) is 3.03. The van der Waals surface area contributed by atoms with Gasteiger partial charge in [-0.2, -0.15) is 0 Å².